The highest BCUT2D eigenvalue weighted by Crippen LogP contribution is 2.60. The number of thiophene rings is 2. The van der Waals surface area contributed by atoms with Crippen LogP contribution < -0.4 is 0 Å². The van der Waals surface area contributed by atoms with E-state index in [2.05, 4.69) is 340 Å². The van der Waals surface area contributed by atoms with Crippen molar-refractivity contribution in [1.29, 1.82) is 0 Å². The second-order valence-corrected chi connectivity index (χ2v) is 25.3. The van der Waals surface area contributed by atoms with Crippen molar-refractivity contribution in [2.24, 2.45) is 0 Å². The van der Waals surface area contributed by atoms with Crippen LogP contribution in [0, 0.1) is 0 Å². The highest BCUT2D eigenvalue weighted by molar-refractivity contribution is 7.19. The van der Waals surface area contributed by atoms with E-state index in [0.717, 1.165) is 97.3 Å². The standard InChI is InChI=1S/C86H56N2S3/c1-11-31-57(32-12-1)73-75(59-35-15-3-16-36-59)79(63-43-23-7-24-44-63)83(80(64-45-25-8-26-46-64)76(73)60-37-17-4-18-38-60)71-55-53-69(89-71)67-51-52-68(86-85(67)87-91-88-86)70-54-56-72(90-70)84-81(65-47-27-9-28-48-65)77(61-39-19-5-20-40-61)74(58-33-13-2-14-34-58)78(62-41-21-6-22-42-62)82(84)66-49-29-10-30-50-66/h1-56H. The Kier molecular flexibility index (Phi) is 15.0. The molecule has 428 valence electrons. The quantitative estimate of drug-likeness (QED) is 0.108. The molecular formula is C86H56N2S3. The highest BCUT2D eigenvalue weighted by atomic mass is 32.1. The van der Waals surface area contributed by atoms with E-state index in [4.69, 9.17) is 8.75 Å². The van der Waals surface area contributed by atoms with Gasteiger partial charge in [0, 0.05) is 41.8 Å². The average Bonchev–Trinajstić information content (AvgIpc) is 1.91. The number of nitrogens with zero attached hydrogens (tertiary/aromatic N) is 2. The summed E-state index contributed by atoms with van der Waals surface area (Å²) in [5.41, 5.74) is 29.8. The van der Waals surface area contributed by atoms with Gasteiger partial charge in [-0.1, -0.05) is 315 Å². The van der Waals surface area contributed by atoms with E-state index in [1.165, 1.54) is 78.5 Å². The maximum atomic E-state index is 5.19. The molecule has 0 aliphatic carbocycles. The molecule has 0 radical (unpaired) electrons. The van der Waals surface area contributed by atoms with E-state index in [-0.39, 0.29) is 0 Å². The van der Waals surface area contributed by atoms with Gasteiger partial charge in [0.2, 0.25) is 0 Å². The van der Waals surface area contributed by atoms with Gasteiger partial charge in [-0.15, -0.1) is 22.7 Å². The summed E-state index contributed by atoms with van der Waals surface area (Å²) >= 11 is 4.93. The van der Waals surface area contributed by atoms with E-state index < -0.39 is 0 Å². The Morgan fingerprint density at radius 2 is 0.319 bits per heavy atom. The maximum Gasteiger partial charge on any atom is 0.114 e. The Labute approximate surface area is 543 Å². The molecule has 0 unspecified atom stereocenters. The van der Waals surface area contributed by atoms with Crippen LogP contribution in [0.1, 0.15) is 0 Å². The Morgan fingerprint density at radius 3 is 0.505 bits per heavy atom. The van der Waals surface area contributed by atoms with Crippen LogP contribution in [0.2, 0.25) is 0 Å². The minimum atomic E-state index is 0.895. The van der Waals surface area contributed by atoms with Gasteiger partial charge in [0.25, 0.3) is 0 Å². The predicted octanol–water partition coefficient (Wildman–Crippen LogP) is 25.2. The molecule has 3 aromatic heterocycles. The third kappa shape index (κ3) is 10.3. The van der Waals surface area contributed by atoms with Crippen LogP contribution in [0.5, 0.6) is 0 Å². The molecule has 0 spiro atoms. The molecule has 2 nitrogen and oxygen atoms in total. The molecule has 0 bridgehead atoms. The lowest BCUT2D eigenvalue weighted by atomic mass is 9.75. The fourth-order valence-corrected chi connectivity index (χ4v) is 16.2. The maximum absolute atomic E-state index is 5.19. The number of aromatic nitrogens is 2. The molecule has 16 aromatic rings. The number of hydrogen-bond donors (Lipinski definition) is 0. The van der Waals surface area contributed by atoms with Gasteiger partial charge in [-0.25, -0.2) is 0 Å². The zero-order chi connectivity index (χ0) is 60.5. The smallest absolute Gasteiger partial charge is 0.114 e. The largest absolute Gasteiger partial charge is 0.172 e. The topological polar surface area (TPSA) is 25.8 Å². The minimum Gasteiger partial charge on any atom is -0.172 e. The van der Waals surface area contributed by atoms with Crippen LogP contribution in [-0.2, 0) is 0 Å². The van der Waals surface area contributed by atoms with Crippen molar-refractivity contribution in [1.82, 2.24) is 8.75 Å². The number of benzene rings is 13. The van der Waals surface area contributed by atoms with Gasteiger partial charge in [0.1, 0.15) is 11.0 Å². The van der Waals surface area contributed by atoms with Crippen LogP contribution >= 0.6 is 34.4 Å². The molecule has 91 heavy (non-hydrogen) atoms. The summed E-state index contributed by atoms with van der Waals surface area (Å²) in [7, 11) is 0. The molecule has 5 heteroatoms. The van der Waals surface area contributed by atoms with Gasteiger partial charge < -0.3 is 0 Å². The lowest BCUT2D eigenvalue weighted by molar-refractivity contribution is 1.53. The first-order chi connectivity index (χ1) is 45.2. The van der Waals surface area contributed by atoms with Gasteiger partial charge in [0.15, 0.2) is 0 Å². The molecule has 0 amide bonds. The SMILES string of the molecule is c1ccc(-c2c(-c3ccccc3)c(-c3ccccc3)c(-c3ccc(-c4ccc(-c5ccc(-c6c(-c7ccccc7)c(-c7ccccc7)c(-c7ccccc7)c(-c7ccccc7)c6-c6ccccc6)s5)c5nsnc45)s3)c(-c3ccccc3)c2-c2ccccc2)cc1. The Balaban J connectivity index is 0.919. The van der Waals surface area contributed by atoms with Crippen molar-refractivity contribution in [3.8, 4) is 153 Å². The first-order valence-corrected chi connectivity index (χ1v) is 33.1. The summed E-state index contributed by atoms with van der Waals surface area (Å²) in [5, 5.41) is 0. The Hall–Kier alpha value is -10.9. The lowest BCUT2D eigenvalue weighted by Crippen LogP contribution is -2.01. The summed E-state index contributed by atoms with van der Waals surface area (Å²) in [4.78, 5) is 4.58. The first-order valence-electron chi connectivity index (χ1n) is 30.7. The molecule has 0 aliphatic rings. The van der Waals surface area contributed by atoms with Crippen LogP contribution in [0.4, 0.5) is 0 Å². The second-order valence-electron chi connectivity index (χ2n) is 22.6. The number of hydrogen-bond acceptors (Lipinski definition) is 5. The zero-order valence-corrected chi connectivity index (χ0v) is 51.9. The molecule has 0 fully saturated rings. The highest BCUT2D eigenvalue weighted by Gasteiger charge is 2.32. The van der Waals surface area contributed by atoms with Gasteiger partial charge in [-0.2, -0.15) is 8.75 Å². The van der Waals surface area contributed by atoms with E-state index in [0.29, 0.717) is 0 Å². The van der Waals surface area contributed by atoms with E-state index >= 15 is 0 Å². The Bertz CT molecular complexity index is 4670. The van der Waals surface area contributed by atoms with Gasteiger partial charge in [-0.05, 0) is 136 Å². The molecule has 3 heterocycles. The van der Waals surface area contributed by atoms with Gasteiger partial charge >= 0.3 is 0 Å². The van der Waals surface area contributed by atoms with Crippen LogP contribution in [0.15, 0.2) is 340 Å². The van der Waals surface area contributed by atoms with Crippen LogP contribution in [-0.4, -0.2) is 8.75 Å². The monoisotopic (exact) mass is 1210 g/mol. The van der Waals surface area contributed by atoms with Gasteiger partial charge in [0.05, 0.1) is 11.7 Å². The molecule has 0 saturated heterocycles. The van der Waals surface area contributed by atoms with E-state index in [1.54, 1.807) is 0 Å². The van der Waals surface area contributed by atoms with Crippen molar-refractivity contribution in [2.45, 2.75) is 0 Å². The van der Waals surface area contributed by atoms with E-state index in [1.807, 2.05) is 22.7 Å². The first kappa shape index (κ1) is 55.4. The number of fused-ring (bicyclic) bond motifs is 1. The Morgan fingerprint density at radius 1 is 0.154 bits per heavy atom. The van der Waals surface area contributed by atoms with Gasteiger partial charge in [-0.3, -0.25) is 0 Å². The fourth-order valence-electron chi connectivity index (χ4n) is 13.4. The van der Waals surface area contributed by atoms with Crippen molar-refractivity contribution in [3.63, 3.8) is 0 Å². The molecule has 13 aromatic carbocycles. The van der Waals surface area contributed by atoms with Crippen LogP contribution in [0.25, 0.3) is 164 Å². The van der Waals surface area contributed by atoms with Crippen molar-refractivity contribution >= 4 is 45.4 Å². The molecule has 16 rings (SSSR count). The fraction of sp³-hybridized carbons (Fsp3) is 0. The molecule has 0 aliphatic heterocycles. The summed E-state index contributed by atoms with van der Waals surface area (Å²) in [6.45, 7) is 0. The van der Waals surface area contributed by atoms with Crippen molar-refractivity contribution < 1.29 is 0 Å². The van der Waals surface area contributed by atoms with Crippen LogP contribution in [0.3, 0.4) is 0 Å². The summed E-state index contributed by atoms with van der Waals surface area (Å²) in [6, 6.07) is 124. The summed E-state index contributed by atoms with van der Waals surface area (Å²) < 4.78 is 10.4. The van der Waals surface area contributed by atoms with Crippen molar-refractivity contribution in [2.75, 3.05) is 0 Å². The minimum absolute atomic E-state index is 0.895. The molecular weight excluding hydrogens is 1160 g/mol. The third-order valence-corrected chi connectivity index (χ3v) is 20.1. The summed E-state index contributed by atoms with van der Waals surface area (Å²) in [6.07, 6.45) is 0. The van der Waals surface area contributed by atoms with Crippen molar-refractivity contribution in [3.05, 3.63) is 340 Å². The third-order valence-electron chi connectivity index (χ3n) is 17.3. The molecule has 0 saturated carbocycles. The zero-order valence-electron chi connectivity index (χ0n) is 49.5. The number of rotatable bonds is 14. The van der Waals surface area contributed by atoms with E-state index in [9.17, 15) is 0 Å². The molecule has 0 N–H and O–H groups in total. The summed E-state index contributed by atoms with van der Waals surface area (Å²) in [5.74, 6) is 0. The normalized spacial score (nSPS) is 11.3. The lowest BCUT2D eigenvalue weighted by Gasteiger charge is -2.28. The predicted molar refractivity (Wildman–Crippen MR) is 389 cm³/mol. The molecule has 0 atom stereocenters. The average molecular weight is 1210 g/mol. The second kappa shape index (κ2) is 24.6.